The molecule has 3 atom stereocenters. The Balaban J connectivity index is 2.18. The number of rotatable bonds is 3. The molecule has 2 aliphatic rings. The first-order valence-electron chi connectivity index (χ1n) is 5.07. The quantitative estimate of drug-likeness (QED) is 0.478. The molecule has 2 heterocycles. The van der Waals surface area contributed by atoms with E-state index in [2.05, 4.69) is 4.90 Å². The van der Waals surface area contributed by atoms with Gasteiger partial charge in [-0.15, -0.1) is 0 Å². The van der Waals surface area contributed by atoms with E-state index in [0.29, 0.717) is 0 Å². The SMILES string of the molecule is COC(=O)C1CN2CC1C(OC)(OC)C2. The highest BCUT2D eigenvalue weighted by atomic mass is 16.7. The topological polar surface area (TPSA) is 48.0 Å². The average Bonchev–Trinajstić information content (AvgIpc) is 2.85. The summed E-state index contributed by atoms with van der Waals surface area (Å²) in [6, 6.07) is 0. The lowest BCUT2D eigenvalue weighted by molar-refractivity contribution is -0.238. The highest BCUT2D eigenvalue weighted by Crippen LogP contribution is 2.43. The lowest BCUT2D eigenvalue weighted by Gasteiger charge is -2.37. The van der Waals surface area contributed by atoms with Crippen LogP contribution in [0.3, 0.4) is 0 Å². The molecule has 86 valence electrons. The van der Waals surface area contributed by atoms with E-state index in [1.54, 1.807) is 14.2 Å². The third kappa shape index (κ3) is 1.46. The van der Waals surface area contributed by atoms with Gasteiger partial charge in [-0.1, -0.05) is 0 Å². The van der Waals surface area contributed by atoms with Crippen molar-refractivity contribution in [1.29, 1.82) is 0 Å². The van der Waals surface area contributed by atoms with Crippen molar-refractivity contribution in [3.63, 3.8) is 0 Å². The van der Waals surface area contributed by atoms with Crippen molar-refractivity contribution in [2.24, 2.45) is 11.8 Å². The Morgan fingerprint density at radius 3 is 2.40 bits per heavy atom. The average molecular weight is 215 g/mol. The van der Waals surface area contributed by atoms with Gasteiger partial charge in [0.15, 0.2) is 5.79 Å². The van der Waals surface area contributed by atoms with Crippen LogP contribution in [0.15, 0.2) is 0 Å². The molecule has 0 aromatic heterocycles. The summed E-state index contributed by atoms with van der Waals surface area (Å²) in [6.45, 7) is 2.34. The Bertz CT molecular complexity index is 264. The number of carbonyl (C=O) groups is 1. The largest absolute Gasteiger partial charge is 0.469 e. The third-order valence-electron chi connectivity index (χ3n) is 3.60. The number of ether oxygens (including phenoxy) is 3. The fraction of sp³-hybridized carbons (Fsp3) is 0.900. The van der Waals surface area contributed by atoms with Crippen LogP contribution in [0.25, 0.3) is 0 Å². The molecule has 2 saturated heterocycles. The first kappa shape index (κ1) is 10.9. The predicted octanol–water partition coefficient (Wildman–Crippen LogP) is -0.290. The van der Waals surface area contributed by atoms with Crippen molar-refractivity contribution in [3.8, 4) is 0 Å². The Kier molecular flexibility index (Phi) is 2.70. The Morgan fingerprint density at radius 2 is 1.93 bits per heavy atom. The zero-order chi connectivity index (χ0) is 11.1. The predicted molar refractivity (Wildman–Crippen MR) is 52.2 cm³/mol. The van der Waals surface area contributed by atoms with Crippen LogP contribution in [0.5, 0.6) is 0 Å². The minimum Gasteiger partial charge on any atom is -0.469 e. The summed E-state index contributed by atoms with van der Waals surface area (Å²) in [5.74, 6) is -0.832. The molecule has 0 saturated carbocycles. The van der Waals surface area contributed by atoms with E-state index in [1.165, 1.54) is 7.11 Å². The summed E-state index contributed by atoms with van der Waals surface area (Å²) in [6.07, 6.45) is 0. The number of esters is 1. The normalized spacial score (nSPS) is 36.9. The summed E-state index contributed by atoms with van der Waals surface area (Å²) in [7, 11) is 4.67. The molecule has 15 heavy (non-hydrogen) atoms. The maximum Gasteiger partial charge on any atom is 0.310 e. The molecule has 0 N–H and O–H groups in total. The molecule has 2 bridgehead atoms. The molecular formula is C10H17NO4. The second kappa shape index (κ2) is 3.73. The van der Waals surface area contributed by atoms with Gasteiger partial charge in [-0.3, -0.25) is 9.69 Å². The smallest absolute Gasteiger partial charge is 0.310 e. The van der Waals surface area contributed by atoms with Gasteiger partial charge in [0, 0.05) is 33.2 Å². The summed E-state index contributed by atoms with van der Waals surface area (Å²) in [5, 5.41) is 0. The highest BCUT2D eigenvalue weighted by molar-refractivity contribution is 5.73. The van der Waals surface area contributed by atoms with E-state index in [0.717, 1.165) is 19.6 Å². The molecule has 5 nitrogen and oxygen atoms in total. The molecule has 0 amide bonds. The monoisotopic (exact) mass is 215 g/mol. The van der Waals surface area contributed by atoms with E-state index in [4.69, 9.17) is 14.2 Å². The zero-order valence-corrected chi connectivity index (χ0v) is 9.36. The minimum atomic E-state index is -0.628. The first-order chi connectivity index (χ1) is 7.16. The van der Waals surface area contributed by atoms with Crippen LogP contribution in [0.1, 0.15) is 0 Å². The number of carbonyl (C=O) groups excluding carboxylic acids is 1. The minimum absolute atomic E-state index is 0.0833. The standard InChI is InChI=1S/C10H17NO4/c1-13-9(12)7-4-11-5-8(7)10(6-11,14-2)15-3/h7-8H,4-6H2,1-3H3. The third-order valence-corrected chi connectivity index (χ3v) is 3.60. The van der Waals surface area contributed by atoms with E-state index in [9.17, 15) is 4.79 Å². The molecule has 0 aromatic rings. The number of methoxy groups -OCH3 is 3. The van der Waals surface area contributed by atoms with Crippen molar-refractivity contribution in [2.45, 2.75) is 5.79 Å². The van der Waals surface area contributed by atoms with E-state index >= 15 is 0 Å². The highest BCUT2D eigenvalue weighted by Gasteiger charge is 2.58. The van der Waals surface area contributed by atoms with Crippen LogP contribution in [0.2, 0.25) is 0 Å². The van der Waals surface area contributed by atoms with Crippen LogP contribution in [-0.4, -0.2) is 57.6 Å². The van der Waals surface area contributed by atoms with Crippen LogP contribution in [0.4, 0.5) is 0 Å². The summed E-state index contributed by atoms with van der Waals surface area (Å²) >= 11 is 0. The number of piperidine rings is 1. The van der Waals surface area contributed by atoms with Gasteiger partial charge >= 0.3 is 5.97 Å². The van der Waals surface area contributed by atoms with Gasteiger partial charge in [-0.05, 0) is 0 Å². The van der Waals surface area contributed by atoms with Gasteiger partial charge in [0.05, 0.1) is 19.6 Å². The van der Waals surface area contributed by atoms with E-state index in [1.807, 2.05) is 0 Å². The number of hydrogen-bond donors (Lipinski definition) is 0. The van der Waals surface area contributed by atoms with Gasteiger partial charge in [0.1, 0.15) is 0 Å². The van der Waals surface area contributed by atoms with Crippen molar-refractivity contribution < 1.29 is 19.0 Å². The van der Waals surface area contributed by atoms with Crippen LogP contribution >= 0.6 is 0 Å². The molecule has 3 unspecified atom stereocenters. The molecule has 2 rings (SSSR count). The maximum atomic E-state index is 11.6. The molecule has 5 heteroatoms. The summed E-state index contributed by atoms with van der Waals surface area (Å²) in [4.78, 5) is 13.7. The first-order valence-corrected chi connectivity index (χ1v) is 5.07. The fourth-order valence-corrected chi connectivity index (χ4v) is 2.79. The molecule has 2 aliphatic heterocycles. The van der Waals surface area contributed by atoms with E-state index < -0.39 is 5.79 Å². The van der Waals surface area contributed by atoms with Crippen molar-refractivity contribution in [3.05, 3.63) is 0 Å². The lowest BCUT2D eigenvalue weighted by atomic mass is 9.87. The van der Waals surface area contributed by atoms with Crippen LogP contribution in [0, 0.1) is 11.8 Å². The summed E-state index contributed by atoms with van der Waals surface area (Å²) in [5.41, 5.74) is 0. The summed E-state index contributed by atoms with van der Waals surface area (Å²) < 4.78 is 15.7. The molecule has 0 radical (unpaired) electrons. The number of fused-ring (bicyclic) bond motifs is 2. The number of nitrogens with zero attached hydrogens (tertiary/aromatic N) is 1. The van der Waals surface area contributed by atoms with E-state index in [-0.39, 0.29) is 17.8 Å². The zero-order valence-electron chi connectivity index (χ0n) is 9.36. The van der Waals surface area contributed by atoms with Crippen LogP contribution < -0.4 is 0 Å². The molecule has 0 spiro atoms. The lowest BCUT2D eigenvalue weighted by Crippen LogP contribution is -2.51. The molecule has 2 fully saturated rings. The molecular weight excluding hydrogens is 198 g/mol. The van der Waals surface area contributed by atoms with Crippen molar-refractivity contribution in [1.82, 2.24) is 4.90 Å². The van der Waals surface area contributed by atoms with Crippen molar-refractivity contribution in [2.75, 3.05) is 41.0 Å². The van der Waals surface area contributed by atoms with Gasteiger partial charge < -0.3 is 14.2 Å². The maximum absolute atomic E-state index is 11.6. The van der Waals surface area contributed by atoms with Gasteiger partial charge in [-0.2, -0.15) is 0 Å². The second-order valence-corrected chi connectivity index (χ2v) is 4.15. The van der Waals surface area contributed by atoms with Crippen molar-refractivity contribution >= 4 is 5.97 Å². The molecule has 0 aliphatic carbocycles. The Hall–Kier alpha value is -0.650. The fourth-order valence-electron chi connectivity index (χ4n) is 2.79. The second-order valence-electron chi connectivity index (χ2n) is 4.15. The van der Waals surface area contributed by atoms with Gasteiger partial charge in [0.25, 0.3) is 0 Å². The Labute approximate surface area is 89.3 Å². The van der Waals surface area contributed by atoms with Gasteiger partial charge in [-0.25, -0.2) is 0 Å². The van der Waals surface area contributed by atoms with Gasteiger partial charge in [0.2, 0.25) is 0 Å². The number of hydrogen-bond acceptors (Lipinski definition) is 5. The van der Waals surface area contributed by atoms with Crippen LogP contribution in [-0.2, 0) is 19.0 Å². The Morgan fingerprint density at radius 1 is 1.27 bits per heavy atom. The molecule has 0 aromatic carbocycles.